The van der Waals surface area contributed by atoms with E-state index in [1.165, 1.54) is 27.0 Å². The first-order valence-corrected chi connectivity index (χ1v) is 16.8. The van der Waals surface area contributed by atoms with Crippen LogP contribution in [0.1, 0.15) is 67.2 Å². The first kappa shape index (κ1) is 35.6. The molecule has 47 heavy (non-hydrogen) atoms. The van der Waals surface area contributed by atoms with E-state index in [0.29, 0.717) is 18.8 Å². The third-order valence-corrected chi connectivity index (χ3v) is 12.1. The van der Waals surface area contributed by atoms with Crippen molar-refractivity contribution in [1.82, 2.24) is 0 Å². The Balaban J connectivity index is 1.44. The summed E-state index contributed by atoms with van der Waals surface area (Å²) in [7, 11) is 1.40. The number of aliphatic carboxylic acids is 1. The zero-order valence-corrected chi connectivity index (χ0v) is 28.4. The number of aliphatic hydroxyl groups excluding tert-OH is 2. The molecule has 4 bridgehead atoms. The summed E-state index contributed by atoms with van der Waals surface area (Å²) in [5.74, 6) is -2.21. The molecular weight excluding hydrogens is 608 g/mol. The largest absolute Gasteiger partial charge is 0.481 e. The number of allylic oxidation sites excluding steroid dienone is 3. The highest BCUT2D eigenvalue weighted by atomic mass is 16.7. The lowest BCUT2D eigenvalue weighted by atomic mass is 9.43. The summed E-state index contributed by atoms with van der Waals surface area (Å²) in [6.45, 7) is 10.6. The number of ether oxygens (including phenoxy) is 4. The van der Waals surface area contributed by atoms with Crippen molar-refractivity contribution in [3.63, 3.8) is 0 Å². The summed E-state index contributed by atoms with van der Waals surface area (Å²) in [6.07, 6.45) is 2.89. The summed E-state index contributed by atoms with van der Waals surface area (Å²) < 4.78 is 23.8. The fourth-order valence-electron chi connectivity index (χ4n) is 10.2. The first-order valence-electron chi connectivity index (χ1n) is 16.8. The van der Waals surface area contributed by atoms with Crippen LogP contribution in [0.15, 0.2) is 35.5 Å². The molecule has 5 aliphatic rings. The molecule has 0 aromatic rings. The van der Waals surface area contributed by atoms with Gasteiger partial charge in [-0.2, -0.15) is 0 Å². The molecule has 1 heterocycles. The molecule has 0 aromatic heterocycles. The molecule has 1 saturated heterocycles. The Morgan fingerprint density at radius 2 is 1.83 bits per heavy atom. The average molecular weight is 659 g/mol. The molecule has 13 atom stereocenters. The van der Waals surface area contributed by atoms with Crippen molar-refractivity contribution in [3.8, 4) is 0 Å². The van der Waals surface area contributed by atoms with Gasteiger partial charge in [0.2, 0.25) is 0 Å². The molecular formula is C36H50O11. The van der Waals surface area contributed by atoms with Crippen LogP contribution < -0.4 is 0 Å². The predicted molar refractivity (Wildman–Crippen MR) is 169 cm³/mol. The van der Waals surface area contributed by atoms with Crippen molar-refractivity contribution in [2.45, 2.75) is 104 Å². The minimum atomic E-state index is -1.51. The molecule has 4 aliphatic carbocycles. The quantitative estimate of drug-likeness (QED) is 0.122. The Morgan fingerprint density at radius 1 is 1.13 bits per heavy atom. The Morgan fingerprint density at radius 3 is 2.43 bits per heavy atom. The van der Waals surface area contributed by atoms with Crippen LogP contribution in [-0.4, -0.2) is 89.9 Å². The summed E-state index contributed by atoms with van der Waals surface area (Å²) in [6, 6.07) is 0. The number of carboxylic acids is 1. The zero-order chi connectivity index (χ0) is 34.6. The number of aldehydes is 1. The van der Waals surface area contributed by atoms with Crippen LogP contribution in [0.4, 0.5) is 0 Å². The molecule has 0 amide bonds. The number of esters is 1. The fourth-order valence-corrected chi connectivity index (χ4v) is 10.2. The van der Waals surface area contributed by atoms with E-state index in [4.69, 9.17) is 18.9 Å². The van der Waals surface area contributed by atoms with Gasteiger partial charge in [-0.3, -0.25) is 9.59 Å². The van der Waals surface area contributed by atoms with Crippen molar-refractivity contribution < 1.29 is 53.4 Å². The van der Waals surface area contributed by atoms with Crippen LogP contribution in [-0.2, 0) is 38.1 Å². The van der Waals surface area contributed by atoms with Gasteiger partial charge in [-0.05, 0) is 81.8 Å². The molecule has 0 radical (unpaired) electrons. The van der Waals surface area contributed by atoms with E-state index in [1.54, 1.807) is 6.92 Å². The monoisotopic (exact) mass is 658 g/mol. The summed E-state index contributed by atoms with van der Waals surface area (Å²) >= 11 is 0. The van der Waals surface area contributed by atoms with Crippen LogP contribution in [0.3, 0.4) is 0 Å². The maximum absolute atomic E-state index is 13.7. The van der Waals surface area contributed by atoms with Crippen LogP contribution in [0.25, 0.3) is 0 Å². The van der Waals surface area contributed by atoms with Gasteiger partial charge in [0.25, 0.3) is 0 Å². The van der Waals surface area contributed by atoms with E-state index in [9.17, 15) is 34.5 Å². The van der Waals surface area contributed by atoms with Gasteiger partial charge < -0.3 is 39.1 Å². The van der Waals surface area contributed by atoms with Gasteiger partial charge in [0.1, 0.15) is 23.9 Å². The van der Waals surface area contributed by atoms with Crippen molar-refractivity contribution >= 4 is 24.0 Å². The normalized spacial score (nSPS) is 43.1. The highest BCUT2D eigenvalue weighted by Crippen LogP contribution is 2.82. The van der Waals surface area contributed by atoms with Crippen molar-refractivity contribution in [3.05, 3.63) is 35.5 Å². The van der Waals surface area contributed by atoms with E-state index >= 15 is 0 Å². The SMILES string of the molecule is CO[C@H]1[C@@H](OC(=O)/C(C)=C\C(=O)/C=C/C(C)O)[C@H](O)[C@H](OC[C@@]23C[C@H]4C(CC[C@H]4C)[C@@]4(C=O)CC2C=C(C(C)C)[C@@]34C(=O)O)O[C@@H]1C. The topological polar surface area (TPSA) is 166 Å². The average Bonchev–Trinajstić information content (AvgIpc) is 3.58. The molecule has 3 N–H and O–H groups in total. The fraction of sp³-hybridized carbons (Fsp3) is 0.722. The molecule has 3 saturated carbocycles. The summed E-state index contributed by atoms with van der Waals surface area (Å²) in [4.78, 5) is 52.3. The summed E-state index contributed by atoms with van der Waals surface area (Å²) in [5, 5.41) is 32.1. The molecule has 5 rings (SSSR count). The van der Waals surface area contributed by atoms with Gasteiger partial charge in [0.05, 0.1) is 24.2 Å². The summed E-state index contributed by atoms with van der Waals surface area (Å²) in [5.41, 5.74) is -2.68. The zero-order valence-electron chi connectivity index (χ0n) is 28.4. The van der Waals surface area contributed by atoms with Crippen LogP contribution in [0.5, 0.6) is 0 Å². The van der Waals surface area contributed by atoms with Crippen LogP contribution in [0.2, 0.25) is 0 Å². The van der Waals surface area contributed by atoms with E-state index in [1.807, 2.05) is 13.8 Å². The van der Waals surface area contributed by atoms with Gasteiger partial charge in [0, 0.05) is 18.1 Å². The number of carbonyl (C=O) groups is 4. The van der Waals surface area contributed by atoms with Crippen molar-refractivity contribution in [2.24, 2.45) is 45.8 Å². The lowest BCUT2D eigenvalue weighted by Crippen LogP contribution is -2.64. The third kappa shape index (κ3) is 5.28. The number of fused-ring (bicyclic) bond motifs is 2. The second-order valence-corrected chi connectivity index (χ2v) is 14.9. The number of methoxy groups -OCH3 is 1. The smallest absolute Gasteiger partial charge is 0.334 e. The minimum absolute atomic E-state index is 0.0198. The van der Waals surface area contributed by atoms with Gasteiger partial charge in [0.15, 0.2) is 18.2 Å². The van der Waals surface area contributed by atoms with Crippen LogP contribution in [0, 0.1) is 45.8 Å². The number of carboxylic acid groups (broad SMARTS) is 1. The van der Waals surface area contributed by atoms with Gasteiger partial charge in [-0.15, -0.1) is 0 Å². The third-order valence-electron chi connectivity index (χ3n) is 12.1. The molecule has 11 heteroatoms. The van der Waals surface area contributed by atoms with E-state index in [-0.39, 0.29) is 35.9 Å². The van der Waals surface area contributed by atoms with Crippen LogP contribution >= 0.6 is 0 Å². The van der Waals surface area contributed by atoms with E-state index in [2.05, 4.69) is 13.0 Å². The maximum Gasteiger partial charge on any atom is 0.334 e. The molecule has 11 nitrogen and oxygen atoms in total. The predicted octanol–water partition coefficient (Wildman–Crippen LogP) is 3.41. The number of ketones is 1. The Bertz CT molecular complexity index is 1360. The lowest BCUT2D eigenvalue weighted by Gasteiger charge is -2.58. The standard InChI is InChI=1S/C36H50O11/c1-18(2)27-13-23-14-34(16-37)26-11-8-19(3)25(26)15-35(23,36(27,34)33(42)43)17-45-32-28(40)30(29(44-7)22(6)46-32)47-31(41)20(4)12-24(39)10-9-21(5)38/h9-10,12-13,16,18-19,21-23,25-26,28-30,32,38,40H,8,11,14-15,17H2,1-7H3,(H,42,43)/b10-9+,20-12-/t19-,21?,22-,23?,25-,26?,28+,29-,30+,32-,34+,35+,36+/m1/s1. The molecule has 4 fully saturated rings. The van der Waals surface area contributed by atoms with Gasteiger partial charge >= 0.3 is 11.9 Å². The Kier molecular flexibility index (Phi) is 9.82. The highest BCUT2D eigenvalue weighted by Gasteiger charge is 2.84. The lowest BCUT2D eigenvalue weighted by molar-refractivity contribution is -0.308. The number of hydrogen-bond acceptors (Lipinski definition) is 10. The molecule has 1 aliphatic heterocycles. The van der Waals surface area contributed by atoms with E-state index < -0.39 is 70.8 Å². The maximum atomic E-state index is 13.7. The van der Waals surface area contributed by atoms with Crippen molar-refractivity contribution in [1.29, 1.82) is 0 Å². The molecule has 0 aromatic carbocycles. The van der Waals surface area contributed by atoms with Gasteiger partial charge in [-0.1, -0.05) is 44.9 Å². The number of carbonyl (C=O) groups excluding carboxylic acids is 3. The number of aliphatic hydroxyl groups is 2. The molecule has 0 spiro atoms. The Labute approximate surface area is 276 Å². The molecule has 260 valence electrons. The number of rotatable bonds is 12. The first-order chi connectivity index (χ1) is 22.1. The highest BCUT2D eigenvalue weighted by molar-refractivity contribution is 6.04. The van der Waals surface area contributed by atoms with E-state index in [0.717, 1.165) is 36.9 Å². The van der Waals surface area contributed by atoms with Gasteiger partial charge in [-0.25, -0.2) is 4.79 Å². The molecule has 3 unspecified atom stereocenters. The van der Waals surface area contributed by atoms with Crippen molar-refractivity contribution in [2.75, 3.05) is 13.7 Å². The Hall–Kier alpha value is -2.70. The second-order valence-electron chi connectivity index (χ2n) is 14.9. The second kappa shape index (κ2) is 13.0. The number of hydrogen-bond donors (Lipinski definition) is 3. The minimum Gasteiger partial charge on any atom is -0.481 e.